The fourth-order valence-electron chi connectivity index (χ4n) is 2.99. The molecule has 2 fully saturated rings. The van der Waals surface area contributed by atoms with Crippen LogP contribution in [0.1, 0.15) is 26.7 Å². The van der Waals surface area contributed by atoms with E-state index in [1.54, 1.807) is 12.0 Å². The first-order valence-corrected chi connectivity index (χ1v) is 8.86. The summed E-state index contributed by atoms with van der Waals surface area (Å²) in [7, 11) is -1.63. The molecule has 2 aliphatic rings. The maximum atomic E-state index is 12.7. The summed E-state index contributed by atoms with van der Waals surface area (Å²) in [5.74, 6) is 0.283. The highest BCUT2D eigenvalue weighted by Gasteiger charge is 2.50. The van der Waals surface area contributed by atoms with Crippen molar-refractivity contribution in [3.8, 4) is 0 Å². The van der Waals surface area contributed by atoms with Crippen LogP contribution in [0.2, 0.25) is 0 Å². The minimum absolute atomic E-state index is 0.0116. The topological polar surface area (TPSA) is 66.9 Å². The lowest BCUT2D eigenvalue weighted by Crippen LogP contribution is -2.59. The molecule has 116 valence electrons. The van der Waals surface area contributed by atoms with Crippen molar-refractivity contribution in [1.82, 2.24) is 9.21 Å². The number of methoxy groups -OCH3 is 1. The van der Waals surface area contributed by atoms with E-state index in [0.717, 1.165) is 12.8 Å². The van der Waals surface area contributed by atoms with Crippen LogP contribution in [-0.4, -0.2) is 68.2 Å². The van der Waals surface area contributed by atoms with Crippen LogP contribution in [-0.2, 0) is 19.6 Å². The SMILES string of the molecule is COC(C)(C(=O)N1CCN(S(C)(=O)=O)[C@@H](C)C1)C1CC1. The van der Waals surface area contributed by atoms with E-state index in [1.165, 1.54) is 10.6 Å². The van der Waals surface area contributed by atoms with E-state index < -0.39 is 15.6 Å². The third-order valence-corrected chi connectivity index (χ3v) is 5.88. The van der Waals surface area contributed by atoms with Crippen molar-refractivity contribution in [3.05, 3.63) is 0 Å². The van der Waals surface area contributed by atoms with E-state index >= 15 is 0 Å². The zero-order valence-corrected chi connectivity index (χ0v) is 13.4. The molecule has 20 heavy (non-hydrogen) atoms. The fraction of sp³-hybridized carbons (Fsp3) is 0.923. The molecule has 0 N–H and O–H groups in total. The van der Waals surface area contributed by atoms with Crippen LogP contribution < -0.4 is 0 Å². The van der Waals surface area contributed by atoms with Crippen LogP contribution in [0, 0.1) is 5.92 Å². The molecule has 1 aliphatic heterocycles. The van der Waals surface area contributed by atoms with Gasteiger partial charge >= 0.3 is 0 Å². The van der Waals surface area contributed by atoms with Crippen LogP contribution in [0.25, 0.3) is 0 Å². The summed E-state index contributed by atoms with van der Waals surface area (Å²) in [6, 6.07) is -0.192. The first-order chi connectivity index (χ1) is 9.20. The van der Waals surface area contributed by atoms with Gasteiger partial charge in [-0.25, -0.2) is 8.42 Å². The normalized spacial score (nSPS) is 28.2. The van der Waals surface area contributed by atoms with E-state index in [4.69, 9.17) is 4.74 Å². The van der Waals surface area contributed by atoms with Crippen molar-refractivity contribution in [2.24, 2.45) is 5.92 Å². The number of hydrogen-bond acceptors (Lipinski definition) is 4. The maximum Gasteiger partial charge on any atom is 0.254 e. The molecule has 0 aromatic heterocycles. The highest BCUT2D eigenvalue weighted by Crippen LogP contribution is 2.42. The van der Waals surface area contributed by atoms with Gasteiger partial charge in [-0.1, -0.05) is 0 Å². The number of sulfonamides is 1. The number of ether oxygens (including phenoxy) is 1. The number of carbonyl (C=O) groups is 1. The van der Waals surface area contributed by atoms with Crippen molar-refractivity contribution in [2.75, 3.05) is 33.0 Å². The van der Waals surface area contributed by atoms with Gasteiger partial charge in [-0.2, -0.15) is 4.31 Å². The van der Waals surface area contributed by atoms with Crippen molar-refractivity contribution >= 4 is 15.9 Å². The van der Waals surface area contributed by atoms with Gasteiger partial charge in [0, 0.05) is 32.8 Å². The molecule has 1 saturated carbocycles. The van der Waals surface area contributed by atoms with Gasteiger partial charge in [0.2, 0.25) is 10.0 Å². The predicted molar refractivity (Wildman–Crippen MR) is 75.7 cm³/mol. The van der Waals surface area contributed by atoms with E-state index in [0.29, 0.717) is 25.6 Å². The van der Waals surface area contributed by atoms with Gasteiger partial charge in [0.05, 0.1) is 6.26 Å². The first-order valence-electron chi connectivity index (χ1n) is 7.01. The number of amides is 1. The third kappa shape index (κ3) is 2.84. The molecule has 6 nitrogen and oxygen atoms in total. The standard InChI is InChI=1S/C13H24N2O4S/c1-10-9-14(7-8-15(10)20(4,17)18)12(16)13(2,19-3)11-5-6-11/h10-11H,5-9H2,1-4H3/t10-,13?/m0/s1. The lowest BCUT2D eigenvalue weighted by Gasteiger charge is -2.41. The van der Waals surface area contributed by atoms with Crippen molar-refractivity contribution in [2.45, 2.75) is 38.3 Å². The van der Waals surface area contributed by atoms with Gasteiger partial charge in [-0.15, -0.1) is 0 Å². The molecule has 0 aromatic rings. The Bertz CT molecular complexity index is 489. The smallest absolute Gasteiger partial charge is 0.254 e. The van der Waals surface area contributed by atoms with E-state index in [1.807, 2.05) is 13.8 Å². The zero-order valence-electron chi connectivity index (χ0n) is 12.6. The fourth-order valence-corrected chi connectivity index (χ4v) is 4.13. The molecule has 1 amide bonds. The van der Waals surface area contributed by atoms with Crippen LogP contribution in [0.15, 0.2) is 0 Å². The lowest BCUT2D eigenvalue weighted by molar-refractivity contribution is -0.157. The quantitative estimate of drug-likeness (QED) is 0.749. The Balaban J connectivity index is 2.07. The number of rotatable bonds is 4. The van der Waals surface area contributed by atoms with E-state index in [2.05, 4.69) is 0 Å². The van der Waals surface area contributed by atoms with Gasteiger partial charge < -0.3 is 9.64 Å². The average Bonchev–Trinajstić information content (AvgIpc) is 3.19. The van der Waals surface area contributed by atoms with Crippen molar-refractivity contribution in [1.29, 1.82) is 0 Å². The predicted octanol–water partition coefficient (Wildman–Crippen LogP) is 0.294. The van der Waals surface area contributed by atoms with Crippen LogP contribution >= 0.6 is 0 Å². The Morgan fingerprint density at radius 1 is 1.30 bits per heavy atom. The molecular formula is C13H24N2O4S. The summed E-state index contributed by atoms with van der Waals surface area (Å²) < 4.78 is 30.2. The van der Waals surface area contributed by atoms with Crippen LogP contribution in [0.5, 0.6) is 0 Å². The van der Waals surface area contributed by atoms with Crippen LogP contribution in [0.3, 0.4) is 0 Å². The summed E-state index contributed by atoms with van der Waals surface area (Å²) in [6.45, 7) is 4.90. The van der Waals surface area contributed by atoms with Crippen molar-refractivity contribution < 1.29 is 17.9 Å². The lowest BCUT2D eigenvalue weighted by atomic mass is 9.97. The number of carbonyl (C=O) groups excluding carboxylic acids is 1. The third-order valence-electron chi connectivity index (χ3n) is 4.48. The molecular weight excluding hydrogens is 280 g/mol. The molecule has 0 spiro atoms. The van der Waals surface area contributed by atoms with Crippen LogP contribution in [0.4, 0.5) is 0 Å². The van der Waals surface area contributed by atoms with Crippen molar-refractivity contribution in [3.63, 3.8) is 0 Å². The summed E-state index contributed by atoms with van der Waals surface area (Å²) in [5, 5.41) is 0. The summed E-state index contributed by atoms with van der Waals surface area (Å²) >= 11 is 0. The number of nitrogens with zero attached hydrogens (tertiary/aromatic N) is 2. The van der Waals surface area contributed by atoms with Gasteiger partial charge in [0.1, 0.15) is 5.60 Å². The Hall–Kier alpha value is -0.660. The highest BCUT2D eigenvalue weighted by molar-refractivity contribution is 7.88. The molecule has 1 saturated heterocycles. The molecule has 0 radical (unpaired) electrons. The second-order valence-electron chi connectivity index (χ2n) is 6.06. The minimum Gasteiger partial charge on any atom is -0.368 e. The van der Waals surface area contributed by atoms with Gasteiger partial charge in [-0.3, -0.25) is 4.79 Å². The zero-order chi connectivity index (χ0) is 15.1. The number of piperazine rings is 1. The Morgan fingerprint density at radius 3 is 2.30 bits per heavy atom. The molecule has 7 heteroatoms. The molecule has 2 atom stereocenters. The van der Waals surface area contributed by atoms with E-state index in [-0.39, 0.29) is 11.9 Å². The highest BCUT2D eigenvalue weighted by atomic mass is 32.2. The summed E-state index contributed by atoms with van der Waals surface area (Å²) in [6.07, 6.45) is 3.26. The average molecular weight is 304 g/mol. The molecule has 2 rings (SSSR count). The van der Waals surface area contributed by atoms with E-state index in [9.17, 15) is 13.2 Å². The summed E-state index contributed by atoms with van der Waals surface area (Å²) in [4.78, 5) is 14.4. The maximum absolute atomic E-state index is 12.7. The Kier molecular flexibility index (Phi) is 4.15. The molecule has 0 bridgehead atoms. The van der Waals surface area contributed by atoms with Gasteiger partial charge in [0.15, 0.2) is 0 Å². The number of hydrogen-bond donors (Lipinski definition) is 0. The summed E-state index contributed by atoms with van der Waals surface area (Å²) in [5.41, 5.74) is -0.757. The largest absolute Gasteiger partial charge is 0.368 e. The van der Waals surface area contributed by atoms with Gasteiger partial charge in [-0.05, 0) is 32.6 Å². The minimum atomic E-state index is -3.21. The Morgan fingerprint density at radius 2 is 1.90 bits per heavy atom. The van der Waals surface area contributed by atoms with Gasteiger partial charge in [0.25, 0.3) is 5.91 Å². The molecule has 1 aliphatic carbocycles. The second-order valence-corrected chi connectivity index (χ2v) is 7.99. The first kappa shape index (κ1) is 15.7. The molecule has 1 heterocycles. The monoisotopic (exact) mass is 304 g/mol. The molecule has 1 unspecified atom stereocenters. The Labute approximate surface area is 121 Å². The molecule has 0 aromatic carbocycles. The second kappa shape index (κ2) is 5.27.